The summed E-state index contributed by atoms with van der Waals surface area (Å²) in [5, 5.41) is 0. The van der Waals surface area contributed by atoms with Gasteiger partial charge in [-0.15, -0.1) is 11.3 Å². The van der Waals surface area contributed by atoms with Crippen molar-refractivity contribution in [2.75, 3.05) is 0 Å². The van der Waals surface area contributed by atoms with Crippen molar-refractivity contribution in [3.05, 3.63) is 39.8 Å². The van der Waals surface area contributed by atoms with E-state index in [9.17, 15) is 13.2 Å². The first-order valence-electron chi connectivity index (χ1n) is 6.37. The fourth-order valence-corrected chi connectivity index (χ4v) is 3.95. The number of rotatable bonds is 6. The molecular formula is C13H17N3O3S2. The molecule has 1 amide bonds. The number of carbonyl (C=O) groups excluding carboxylic acids is 1. The zero-order chi connectivity index (χ0) is 15.6. The molecule has 0 spiro atoms. The molecule has 2 heterocycles. The summed E-state index contributed by atoms with van der Waals surface area (Å²) < 4.78 is 28.3. The molecule has 0 fully saturated rings. The van der Waals surface area contributed by atoms with Crippen LogP contribution in [-0.4, -0.2) is 18.9 Å². The summed E-state index contributed by atoms with van der Waals surface area (Å²) in [5.74, 6) is -0.662. The molecule has 0 aliphatic rings. The molecule has 21 heavy (non-hydrogen) atoms. The number of nitrogens with zero attached hydrogens (tertiary/aromatic N) is 1. The first kappa shape index (κ1) is 15.7. The number of aryl methyl sites for hydroxylation is 2. The van der Waals surface area contributed by atoms with E-state index in [1.807, 2.05) is 12.1 Å². The number of thiophene rings is 1. The summed E-state index contributed by atoms with van der Waals surface area (Å²) in [5.41, 5.74) is 5.33. The van der Waals surface area contributed by atoms with E-state index < -0.39 is 15.9 Å². The third-order valence-electron chi connectivity index (χ3n) is 3.04. The van der Waals surface area contributed by atoms with Crippen molar-refractivity contribution in [1.29, 1.82) is 0 Å². The van der Waals surface area contributed by atoms with Gasteiger partial charge >= 0.3 is 0 Å². The van der Waals surface area contributed by atoms with Crippen LogP contribution in [0.4, 0.5) is 0 Å². The number of aromatic nitrogens is 1. The van der Waals surface area contributed by atoms with Gasteiger partial charge in [-0.3, -0.25) is 4.79 Å². The lowest BCUT2D eigenvalue weighted by molar-refractivity contribution is 0.0992. The highest BCUT2D eigenvalue weighted by Crippen LogP contribution is 2.18. The molecule has 0 bridgehead atoms. The molecule has 3 N–H and O–H groups in total. The Kier molecular flexibility index (Phi) is 4.50. The Bertz CT molecular complexity index is 759. The normalized spacial score (nSPS) is 11.7. The average Bonchev–Trinajstić information content (AvgIpc) is 3.02. The molecule has 0 atom stereocenters. The van der Waals surface area contributed by atoms with Gasteiger partial charge in [-0.05, 0) is 24.6 Å². The van der Waals surface area contributed by atoms with Gasteiger partial charge in [0, 0.05) is 29.5 Å². The minimum absolute atomic E-state index is 0.0334. The molecule has 0 radical (unpaired) electrons. The Balaban J connectivity index is 2.14. The highest BCUT2D eigenvalue weighted by molar-refractivity contribution is 7.89. The van der Waals surface area contributed by atoms with Gasteiger partial charge in [-0.25, -0.2) is 13.1 Å². The van der Waals surface area contributed by atoms with Crippen molar-refractivity contribution >= 4 is 27.3 Å². The largest absolute Gasteiger partial charge is 0.364 e. The summed E-state index contributed by atoms with van der Waals surface area (Å²) in [4.78, 5) is 13.4. The van der Waals surface area contributed by atoms with Crippen LogP contribution in [0.5, 0.6) is 0 Å². The Morgan fingerprint density at radius 2 is 2.05 bits per heavy atom. The molecule has 2 aromatic heterocycles. The first-order chi connectivity index (χ1) is 9.83. The van der Waals surface area contributed by atoms with Gasteiger partial charge in [0.1, 0.15) is 10.6 Å². The number of amides is 1. The molecule has 8 heteroatoms. The number of nitrogens with two attached hydrogens (primary N) is 1. The van der Waals surface area contributed by atoms with Crippen LogP contribution < -0.4 is 10.5 Å². The lowest BCUT2D eigenvalue weighted by atomic mass is 10.4. The van der Waals surface area contributed by atoms with Crippen molar-refractivity contribution in [3.63, 3.8) is 0 Å². The van der Waals surface area contributed by atoms with Crippen LogP contribution in [0.1, 0.15) is 27.2 Å². The minimum Gasteiger partial charge on any atom is -0.364 e. The second kappa shape index (κ2) is 6.00. The molecule has 114 valence electrons. The smallest absolute Gasteiger partial charge is 0.265 e. The average molecular weight is 327 g/mol. The number of carbonyl (C=O) groups is 1. The maximum Gasteiger partial charge on any atom is 0.265 e. The zero-order valence-corrected chi connectivity index (χ0v) is 13.4. The summed E-state index contributed by atoms with van der Waals surface area (Å²) >= 11 is 1.58. The molecule has 6 nitrogen and oxygen atoms in total. The summed E-state index contributed by atoms with van der Waals surface area (Å²) in [6.45, 7) is 2.28. The highest BCUT2D eigenvalue weighted by Gasteiger charge is 2.19. The molecular weight excluding hydrogens is 310 g/mol. The second-order valence-electron chi connectivity index (χ2n) is 4.58. The van der Waals surface area contributed by atoms with Gasteiger partial charge in [0.05, 0.1) is 0 Å². The Labute approximate surface area is 127 Å². The van der Waals surface area contributed by atoms with E-state index in [2.05, 4.69) is 11.6 Å². The minimum atomic E-state index is -3.66. The number of nitrogens with one attached hydrogen (secondary N) is 1. The van der Waals surface area contributed by atoms with Crippen molar-refractivity contribution < 1.29 is 13.2 Å². The predicted molar refractivity (Wildman–Crippen MR) is 81.7 cm³/mol. The summed E-state index contributed by atoms with van der Waals surface area (Å²) in [7, 11) is -2.09. The monoisotopic (exact) mass is 327 g/mol. The fraction of sp³-hybridized carbons (Fsp3) is 0.308. The highest BCUT2D eigenvalue weighted by atomic mass is 32.2. The van der Waals surface area contributed by atoms with Gasteiger partial charge in [0.2, 0.25) is 10.0 Å². The van der Waals surface area contributed by atoms with E-state index in [0.29, 0.717) is 0 Å². The van der Waals surface area contributed by atoms with E-state index in [4.69, 9.17) is 5.73 Å². The Hall–Kier alpha value is -1.64. The van der Waals surface area contributed by atoms with Gasteiger partial charge < -0.3 is 10.3 Å². The molecule has 2 rings (SSSR count). The molecule has 0 aliphatic carbocycles. The quantitative estimate of drug-likeness (QED) is 0.835. The fourth-order valence-electron chi connectivity index (χ4n) is 1.88. The van der Waals surface area contributed by atoms with Crippen LogP contribution in [0, 0.1) is 0 Å². The zero-order valence-electron chi connectivity index (χ0n) is 11.8. The maximum atomic E-state index is 12.2. The summed E-state index contributed by atoms with van der Waals surface area (Å²) in [6.07, 6.45) is 2.30. The first-order valence-corrected chi connectivity index (χ1v) is 8.67. The van der Waals surface area contributed by atoms with Gasteiger partial charge in [0.15, 0.2) is 0 Å². The molecule has 0 saturated heterocycles. The standard InChI is InChI=1S/C13H17N3O3S2/c1-3-9-4-5-10(20-9)7-15-21(18,19)11-6-12(13(14)17)16(2)8-11/h4-6,8,15H,3,7H2,1-2H3,(H2,14,17). The van der Waals surface area contributed by atoms with Crippen molar-refractivity contribution in [2.24, 2.45) is 12.8 Å². The van der Waals surface area contributed by atoms with E-state index in [1.165, 1.54) is 21.7 Å². The molecule has 2 aromatic rings. The number of sulfonamides is 1. The van der Waals surface area contributed by atoms with E-state index in [0.717, 1.165) is 11.3 Å². The molecule has 0 unspecified atom stereocenters. The van der Waals surface area contributed by atoms with E-state index >= 15 is 0 Å². The molecule has 0 saturated carbocycles. The van der Waals surface area contributed by atoms with Crippen molar-refractivity contribution in [2.45, 2.75) is 24.8 Å². The Morgan fingerprint density at radius 3 is 2.57 bits per heavy atom. The van der Waals surface area contributed by atoms with Gasteiger partial charge in [-0.1, -0.05) is 6.92 Å². The van der Waals surface area contributed by atoms with Crippen molar-refractivity contribution in [3.8, 4) is 0 Å². The van der Waals surface area contributed by atoms with Crippen LogP contribution in [0.2, 0.25) is 0 Å². The van der Waals surface area contributed by atoms with Crippen LogP contribution in [0.3, 0.4) is 0 Å². The number of primary amides is 1. The lowest BCUT2D eigenvalue weighted by Gasteiger charge is -2.02. The SMILES string of the molecule is CCc1ccc(CNS(=O)(=O)c2cc(C(N)=O)n(C)c2)s1. The van der Waals surface area contributed by atoms with Gasteiger partial charge in [0.25, 0.3) is 5.91 Å². The maximum absolute atomic E-state index is 12.2. The Morgan fingerprint density at radius 1 is 1.38 bits per heavy atom. The second-order valence-corrected chi connectivity index (χ2v) is 7.60. The third kappa shape index (κ3) is 3.52. The van der Waals surface area contributed by atoms with Crippen LogP contribution in [0.15, 0.2) is 29.3 Å². The topological polar surface area (TPSA) is 94.2 Å². The van der Waals surface area contributed by atoms with Crippen LogP contribution in [0.25, 0.3) is 0 Å². The molecule has 0 aliphatic heterocycles. The van der Waals surface area contributed by atoms with Crippen LogP contribution >= 0.6 is 11.3 Å². The van der Waals surface area contributed by atoms with E-state index in [1.54, 1.807) is 18.4 Å². The van der Waals surface area contributed by atoms with Crippen molar-refractivity contribution in [1.82, 2.24) is 9.29 Å². The predicted octanol–water partition coefficient (Wildman–Crippen LogP) is 1.23. The van der Waals surface area contributed by atoms with Gasteiger partial charge in [-0.2, -0.15) is 0 Å². The summed E-state index contributed by atoms with van der Waals surface area (Å²) in [6, 6.07) is 5.17. The number of hydrogen-bond donors (Lipinski definition) is 2. The third-order valence-corrected chi connectivity index (χ3v) is 5.64. The lowest BCUT2D eigenvalue weighted by Crippen LogP contribution is -2.22. The van der Waals surface area contributed by atoms with Crippen LogP contribution in [-0.2, 0) is 30.0 Å². The van der Waals surface area contributed by atoms with E-state index in [-0.39, 0.29) is 17.1 Å². The number of hydrogen-bond acceptors (Lipinski definition) is 4. The molecule has 0 aromatic carbocycles.